The third-order valence-electron chi connectivity index (χ3n) is 2.77. The number of benzene rings is 1. The highest BCUT2D eigenvalue weighted by atomic mass is 16.5. The lowest BCUT2D eigenvalue weighted by molar-refractivity contribution is 0.179. The van der Waals surface area contributed by atoms with Crippen LogP contribution in [0.2, 0.25) is 0 Å². The van der Waals surface area contributed by atoms with Crippen LogP contribution in [0.4, 0.5) is 5.69 Å². The van der Waals surface area contributed by atoms with Crippen molar-refractivity contribution in [3.05, 3.63) is 29.3 Å². The molecule has 0 amide bonds. The van der Waals surface area contributed by atoms with E-state index in [1.807, 2.05) is 12.1 Å². The molecule has 2 heteroatoms. The first-order valence-corrected chi connectivity index (χ1v) is 4.69. The molecule has 1 aromatic carbocycles. The second kappa shape index (κ2) is 3.38. The average molecular weight is 177 g/mol. The Labute approximate surface area is 78.7 Å². The van der Waals surface area contributed by atoms with E-state index in [1.54, 1.807) is 7.11 Å². The van der Waals surface area contributed by atoms with E-state index in [2.05, 4.69) is 6.07 Å². The van der Waals surface area contributed by atoms with Crippen LogP contribution in [-0.2, 0) is 11.2 Å². The largest absolute Gasteiger partial charge is 0.398 e. The zero-order chi connectivity index (χ0) is 9.26. The Hall–Kier alpha value is -1.02. The topological polar surface area (TPSA) is 35.2 Å². The fourth-order valence-electron chi connectivity index (χ4n) is 2.19. The first kappa shape index (κ1) is 8.57. The number of hydrogen-bond donors (Lipinski definition) is 1. The maximum absolute atomic E-state index is 5.94. The summed E-state index contributed by atoms with van der Waals surface area (Å²) in [6.45, 7) is 0.793. The molecule has 1 aliphatic carbocycles. The Morgan fingerprint density at radius 1 is 1.54 bits per heavy atom. The van der Waals surface area contributed by atoms with E-state index in [9.17, 15) is 0 Å². The number of rotatable bonds is 2. The maximum Gasteiger partial charge on any atom is 0.0531 e. The van der Waals surface area contributed by atoms with E-state index < -0.39 is 0 Å². The van der Waals surface area contributed by atoms with E-state index in [0.29, 0.717) is 5.92 Å². The summed E-state index contributed by atoms with van der Waals surface area (Å²) in [4.78, 5) is 0. The lowest BCUT2D eigenvalue weighted by atomic mass is 10.0. The molecule has 1 atom stereocenters. The van der Waals surface area contributed by atoms with Gasteiger partial charge in [-0.3, -0.25) is 0 Å². The van der Waals surface area contributed by atoms with Crippen LogP contribution >= 0.6 is 0 Å². The van der Waals surface area contributed by atoms with Crippen molar-refractivity contribution in [3.63, 3.8) is 0 Å². The Balaban J connectivity index is 2.34. The summed E-state index contributed by atoms with van der Waals surface area (Å²) in [7, 11) is 1.75. The molecule has 0 spiro atoms. The van der Waals surface area contributed by atoms with Crippen molar-refractivity contribution in [3.8, 4) is 0 Å². The van der Waals surface area contributed by atoms with Crippen LogP contribution in [0.25, 0.3) is 0 Å². The number of fused-ring (bicyclic) bond motifs is 1. The third-order valence-corrected chi connectivity index (χ3v) is 2.77. The molecule has 0 aliphatic heterocycles. The van der Waals surface area contributed by atoms with Gasteiger partial charge in [-0.2, -0.15) is 0 Å². The number of methoxy groups -OCH3 is 1. The van der Waals surface area contributed by atoms with Gasteiger partial charge in [-0.25, -0.2) is 0 Å². The van der Waals surface area contributed by atoms with Gasteiger partial charge in [0.15, 0.2) is 0 Å². The van der Waals surface area contributed by atoms with Gasteiger partial charge in [-0.15, -0.1) is 0 Å². The highest BCUT2D eigenvalue weighted by molar-refractivity contribution is 5.55. The number of hydrogen-bond acceptors (Lipinski definition) is 2. The molecule has 0 bridgehead atoms. The van der Waals surface area contributed by atoms with Crippen molar-refractivity contribution in [2.75, 3.05) is 19.5 Å². The first-order valence-electron chi connectivity index (χ1n) is 4.69. The van der Waals surface area contributed by atoms with Crippen molar-refractivity contribution in [1.82, 2.24) is 0 Å². The molecule has 13 heavy (non-hydrogen) atoms. The molecule has 0 heterocycles. The monoisotopic (exact) mass is 177 g/mol. The van der Waals surface area contributed by atoms with Crippen LogP contribution < -0.4 is 5.73 Å². The van der Waals surface area contributed by atoms with E-state index >= 15 is 0 Å². The smallest absolute Gasteiger partial charge is 0.0531 e. The predicted octanol–water partition coefficient (Wildman–Crippen LogP) is 1.95. The molecule has 2 rings (SSSR count). The van der Waals surface area contributed by atoms with E-state index in [0.717, 1.165) is 18.7 Å². The zero-order valence-corrected chi connectivity index (χ0v) is 7.92. The second-order valence-electron chi connectivity index (χ2n) is 3.61. The van der Waals surface area contributed by atoms with Gasteiger partial charge in [0.05, 0.1) is 6.61 Å². The van der Waals surface area contributed by atoms with Gasteiger partial charge < -0.3 is 10.5 Å². The van der Waals surface area contributed by atoms with Crippen LogP contribution in [0.1, 0.15) is 23.5 Å². The fourth-order valence-corrected chi connectivity index (χ4v) is 2.19. The van der Waals surface area contributed by atoms with E-state index in [1.165, 1.54) is 17.5 Å². The molecule has 0 saturated carbocycles. The standard InChI is InChI=1S/C11H15NO/c1-13-7-9-6-5-8-3-2-4-10(12)11(8)9/h2-4,9H,5-7,12H2,1H3. The summed E-state index contributed by atoms with van der Waals surface area (Å²) in [5, 5.41) is 0. The highest BCUT2D eigenvalue weighted by Crippen LogP contribution is 2.36. The van der Waals surface area contributed by atoms with Crippen LogP contribution in [0.3, 0.4) is 0 Å². The molecule has 0 saturated heterocycles. The molecular formula is C11H15NO. The van der Waals surface area contributed by atoms with Crippen molar-refractivity contribution < 1.29 is 4.74 Å². The summed E-state index contributed by atoms with van der Waals surface area (Å²) in [5.41, 5.74) is 9.59. The number of nitrogens with two attached hydrogens (primary N) is 1. The van der Waals surface area contributed by atoms with Crippen LogP contribution in [0, 0.1) is 0 Å². The molecule has 0 aromatic heterocycles. The first-order chi connectivity index (χ1) is 6.33. The van der Waals surface area contributed by atoms with Crippen LogP contribution in [-0.4, -0.2) is 13.7 Å². The van der Waals surface area contributed by atoms with Gasteiger partial charge in [0, 0.05) is 18.7 Å². The molecular weight excluding hydrogens is 162 g/mol. The molecule has 70 valence electrons. The summed E-state index contributed by atoms with van der Waals surface area (Å²) in [6, 6.07) is 6.18. The molecule has 1 aliphatic rings. The quantitative estimate of drug-likeness (QED) is 0.701. The summed E-state index contributed by atoms with van der Waals surface area (Å²) >= 11 is 0. The predicted molar refractivity (Wildman–Crippen MR) is 53.8 cm³/mol. The minimum atomic E-state index is 0.515. The Kier molecular flexibility index (Phi) is 2.23. The Morgan fingerprint density at radius 3 is 3.15 bits per heavy atom. The van der Waals surface area contributed by atoms with Crippen molar-refractivity contribution >= 4 is 5.69 Å². The lowest BCUT2D eigenvalue weighted by Crippen LogP contribution is -2.04. The normalized spacial score (nSPS) is 20.2. The van der Waals surface area contributed by atoms with Crippen molar-refractivity contribution in [2.24, 2.45) is 0 Å². The van der Waals surface area contributed by atoms with Crippen LogP contribution in [0.5, 0.6) is 0 Å². The van der Waals surface area contributed by atoms with Gasteiger partial charge in [-0.05, 0) is 30.0 Å². The summed E-state index contributed by atoms with van der Waals surface area (Å²) < 4.78 is 5.18. The average Bonchev–Trinajstić information content (AvgIpc) is 2.51. The maximum atomic E-state index is 5.94. The van der Waals surface area contributed by atoms with Gasteiger partial charge >= 0.3 is 0 Å². The van der Waals surface area contributed by atoms with E-state index in [4.69, 9.17) is 10.5 Å². The Bertz CT molecular complexity index is 307. The molecule has 1 aromatic rings. The third kappa shape index (κ3) is 1.42. The number of nitrogen functional groups attached to an aromatic ring is 1. The Morgan fingerprint density at radius 2 is 2.38 bits per heavy atom. The molecule has 0 fully saturated rings. The lowest BCUT2D eigenvalue weighted by Gasteiger charge is -2.12. The highest BCUT2D eigenvalue weighted by Gasteiger charge is 2.23. The fraction of sp³-hybridized carbons (Fsp3) is 0.455. The number of anilines is 1. The number of aryl methyl sites for hydroxylation is 1. The minimum Gasteiger partial charge on any atom is -0.398 e. The number of ether oxygens (including phenoxy) is 1. The summed E-state index contributed by atoms with van der Waals surface area (Å²) in [5.74, 6) is 0.515. The van der Waals surface area contributed by atoms with Gasteiger partial charge in [-0.1, -0.05) is 12.1 Å². The van der Waals surface area contributed by atoms with Gasteiger partial charge in [0.2, 0.25) is 0 Å². The SMILES string of the molecule is COCC1CCc2cccc(N)c21. The summed E-state index contributed by atoms with van der Waals surface area (Å²) in [6.07, 6.45) is 2.33. The van der Waals surface area contributed by atoms with Gasteiger partial charge in [0.25, 0.3) is 0 Å². The van der Waals surface area contributed by atoms with Crippen LogP contribution in [0.15, 0.2) is 18.2 Å². The molecule has 0 radical (unpaired) electrons. The van der Waals surface area contributed by atoms with Crippen molar-refractivity contribution in [1.29, 1.82) is 0 Å². The minimum absolute atomic E-state index is 0.515. The zero-order valence-electron chi connectivity index (χ0n) is 7.92. The molecule has 2 N–H and O–H groups in total. The van der Waals surface area contributed by atoms with Crippen molar-refractivity contribution in [2.45, 2.75) is 18.8 Å². The van der Waals surface area contributed by atoms with Gasteiger partial charge in [0.1, 0.15) is 0 Å². The van der Waals surface area contributed by atoms with E-state index in [-0.39, 0.29) is 0 Å². The molecule has 2 nitrogen and oxygen atoms in total. The molecule has 1 unspecified atom stereocenters. The second-order valence-corrected chi connectivity index (χ2v) is 3.61.